The zero-order valence-electron chi connectivity index (χ0n) is 10.1. The smallest absolute Gasteiger partial charge is 0.335 e. The number of nitriles is 1. The number of nitrogens with zero attached hydrogens (tertiary/aromatic N) is 2. The molecule has 0 saturated heterocycles. The third kappa shape index (κ3) is 2.53. The van der Waals surface area contributed by atoms with Gasteiger partial charge < -0.3 is 9.84 Å². The van der Waals surface area contributed by atoms with E-state index < -0.39 is 5.97 Å². The molecule has 0 amide bonds. The molecule has 2 rings (SSSR count). The first-order valence-corrected chi connectivity index (χ1v) is 5.42. The van der Waals surface area contributed by atoms with Crippen LogP contribution in [-0.2, 0) is 0 Å². The molecule has 0 aliphatic heterocycles. The molecular weight excluding hydrogens is 244 g/mol. The van der Waals surface area contributed by atoms with Gasteiger partial charge in [-0.15, -0.1) is 0 Å². The predicted octanol–water partition coefficient (Wildman–Crippen LogP) is 2.33. The minimum Gasteiger partial charge on any atom is -0.496 e. The van der Waals surface area contributed by atoms with E-state index in [1.54, 1.807) is 18.3 Å². The molecule has 0 radical (unpaired) electrons. The lowest BCUT2D eigenvalue weighted by Gasteiger charge is -2.09. The van der Waals surface area contributed by atoms with Gasteiger partial charge in [0.1, 0.15) is 11.8 Å². The van der Waals surface area contributed by atoms with Crippen molar-refractivity contribution >= 4 is 5.97 Å². The van der Waals surface area contributed by atoms with Crippen LogP contribution in [0.2, 0.25) is 0 Å². The van der Waals surface area contributed by atoms with Crippen molar-refractivity contribution in [1.82, 2.24) is 4.98 Å². The summed E-state index contributed by atoms with van der Waals surface area (Å²) in [6.07, 6.45) is 3.00. The largest absolute Gasteiger partial charge is 0.496 e. The Labute approximate surface area is 109 Å². The van der Waals surface area contributed by atoms with Crippen molar-refractivity contribution in [3.63, 3.8) is 0 Å². The Morgan fingerprint density at radius 1 is 1.37 bits per heavy atom. The van der Waals surface area contributed by atoms with Gasteiger partial charge in [0.2, 0.25) is 0 Å². The van der Waals surface area contributed by atoms with Crippen LogP contribution in [0.1, 0.15) is 15.9 Å². The molecule has 19 heavy (non-hydrogen) atoms. The summed E-state index contributed by atoms with van der Waals surface area (Å²) in [5, 5.41) is 17.9. The molecule has 0 bridgehead atoms. The Bertz CT molecular complexity index is 675. The van der Waals surface area contributed by atoms with Gasteiger partial charge >= 0.3 is 5.97 Å². The summed E-state index contributed by atoms with van der Waals surface area (Å²) in [7, 11) is 1.50. The first-order chi connectivity index (χ1) is 9.15. The maximum absolute atomic E-state index is 11.0. The highest BCUT2D eigenvalue weighted by molar-refractivity contribution is 5.90. The van der Waals surface area contributed by atoms with E-state index in [9.17, 15) is 4.79 Å². The highest BCUT2D eigenvalue weighted by Gasteiger charge is 2.11. The third-order valence-corrected chi connectivity index (χ3v) is 2.62. The van der Waals surface area contributed by atoms with Gasteiger partial charge in [-0.25, -0.2) is 4.79 Å². The van der Waals surface area contributed by atoms with Gasteiger partial charge in [0.25, 0.3) is 0 Å². The lowest BCUT2D eigenvalue weighted by Crippen LogP contribution is -1.98. The van der Waals surface area contributed by atoms with Gasteiger partial charge in [0.05, 0.1) is 18.2 Å². The van der Waals surface area contributed by atoms with Crippen LogP contribution in [0.5, 0.6) is 5.75 Å². The van der Waals surface area contributed by atoms with Crippen LogP contribution >= 0.6 is 0 Å². The van der Waals surface area contributed by atoms with E-state index in [1.165, 1.54) is 25.4 Å². The number of methoxy groups -OCH3 is 1. The normalized spacial score (nSPS) is 9.68. The van der Waals surface area contributed by atoms with E-state index in [0.717, 1.165) is 0 Å². The van der Waals surface area contributed by atoms with Gasteiger partial charge in [-0.3, -0.25) is 4.98 Å². The second-order valence-corrected chi connectivity index (χ2v) is 3.79. The average Bonchev–Trinajstić information content (AvgIpc) is 2.46. The molecule has 1 aromatic heterocycles. The van der Waals surface area contributed by atoms with Gasteiger partial charge in [0.15, 0.2) is 0 Å². The van der Waals surface area contributed by atoms with Crippen LogP contribution in [0.3, 0.4) is 0 Å². The van der Waals surface area contributed by atoms with Crippen LogP contribution < -0.4 is 4.74 Å². The van der Waals surface area contributed by atoms with E-state index in [2.05, 4.69) is 4.98 Å². The van der Waals surface area contributed by atoms with Crippen molar-refractivity contribution < 1.29 is 14.6 Å². The van der Waals surface area contributed by atoms with Crippen molar-refractivity contribution in [2.75, 3.05) is 7.11 Å². The number of carboxylic acids is 1. The molecule has 0 spiro atoms. The van der Waals surface area contributed by atoms with E-state index in [4.69, 9.17) is 15.1 Å². The molecule has 5 heteroatoms. The topological polar surface area (TPSA) is 83.2 Å². The van der Waals surface area contributed by atoms with E-state index >= 15 is 0 Å². The minimum absolute atomic E-state index is 0.151. The number of benzene rings is 1. The Morgan fingerprint density at radius 2 is 2.16 bits per heavy atom. The Hall–Kier alpha value is -2.87. The Morgan fingerprint density at radius 3 is 2.79 bits per heavy atom. The van der Waals surface area contributed by atoms with Crippen LogP contribution in [0.15, 0.2) is 36.7 Å². The molecular formula is C14H10N2O3. The molecule has 94 valence electrons. The van der Waals surface area contributed by atoms with E-state index in [1.807, 2.05) is 6.07 Å². The average molecular weight is 254 g/mol. The minimum atomic E-state index is -1.02. The number of rotatable bonds is 3. The summed E-state index contributed by atoms with van der Waals surface area (Å²) in [5.74, 6) is -0.491. The van der Waals surface area contributed by atoms with Crippen LogP contribution in [0.4, 0.5) is 0 Å². The zero-order valence-corrected chi connectivity index (χ0v) is 10.1. The maximum Gasteiger partial charge on any atom is 0.335 e. The number of carbonyl (C=O) groups is 1. The summed E-state index contributed by atoms with van der Waals surface area (Å²) in [5.41, 5.74) is 1.78. The molecule has 0 fully saturated rings. The van der Waals surface area contributed by atoms with Crippen LogP contribution in [-0.4, -0.2) is 23.2 Å². The molecule has 0 saturated carbocycles. The Kier molecular flexibility index (Phi) is 3.44. The van der Waals surface area contributed by atoms with Crippen LogP contribution in [0.25, 0.3) is 11.1 Å². The maximum atomic E-state index is 11.0. The van der Waals surface area contributed by atoms with Crippen molar-refractivity contribution in [2.24, 2.45) is 0 Å². The van der Waals surface area contributed by atoms with Gasteiger partial charge in [-0.05, 0) is 24.3 Å². The number of hydrogen-bond donors (Lipinski definition) is 1. The van der Waals surface area contributed by atoms with Crippen molar-refractivity contribution in [3.8, 4) is 22.9 Å². The molecule has 1 heterocycles. The van der Waals surface area contributed by atoms with Crippen molar-refractivity contribution in [3.05, 3.63) is 47.8 Å². The number of pyridine rings is 1. The van der Waals surface area contributed by atoms with E-state index in [0.29, 0.717) is 22.4 Å². The first-order valence-electron chi connectivity index (χ1n) is 5.42. The summed E-state index contributed by atoms with van der Waals surface area (Å²) in [4.78, 5) is 15.0. The summed E-state index contributed by atoms with van der Waals surface area (Å²) >= 11 is 0. The molecule has 0 atom stereocenters. The number of aromatic carboxylic acids is 1. The van der Waals surface area contributed by atoms with Gasteiger partial charge in [0, 0.05) is 23.5 Å². The molecule has 0 aliphatic carbocycles. The number of carboxylic acid groups (broad SMARTS) is 1. The highest BCUT2D eigenvalue weighted by Crippen LogP contribution is 2.30. The summed E-state index contributed by atoms with van der Waals surface area (Å²) < 4.78 is 5.20. The number of hydrogen-bond acceptors (Lipinski definition) is 4. The molecule has 1 aromatic carbocycles. The van der Waals surface area contributed by atoms with Crippen molar-refractivity contribution in [2.45, 2.75) is 0 Å². The van der Waals surface area contributed by atoms with Gasteiger partial charge in [-0.2, -0.15) is 5.26 Å². The second-order valence-electron chi connectivity index (χ2n) is 3.79. The molecule has 2 aromatic rings. The lowest BCUT2D eigenvalue weighted by molar-refractivity contribution is 0.0697. The lowest BCUT2D eigenvalue weighted by atomic mass is 10.0. The SMILES string of the molecule is COc1ccc(C(=O)O)cc1-c1cncc(C#N)c1. The first kappa shape index (κ1) is 12.6. The summed E-state index contributed by atoms with van der Waals surface area (Å²) in [6, 6.07) is 8.17. The van der Waals surface area contributed by atoms with Crippen LogP contribution in [0, 0.1) is 11.3 Å². The quantitative estimate of drug-likeness (QED) is 0.908. The highest BCUT2D eigenvalue weighted by atomic mass is 16.5. The Balaban J connectivity index is 2.61. The third-order valence-electron chi connectivity index (χ3n) is 2.62. The second kappa shape index (κ2) is 5.19. The molecule has 5 nitrogen and oxygen atoms in total. The zero-order chi connectivity index (χ0) is 13.8. The predicted molar refractivity (Wildman–Crippen MR) is 67.9 cm³/mol. The van der Waals surface area contributed by atoms with Crippen molar-refractivity contribution in [1.29, 1.82) is 5.26 Å². The fourth-order valence-electron chi connectivity index (χ4n) is 1.71. The summed E-state index contributed by atoms with van der Waals surface area (Å²) in [6.45, 7) is 0. The van der Waals surface area contributed by atoms with E-state index in [-0.39, 0.29) is 5.56 Å². The fourth-order valence-corrected chi connectivity index (χ4v) is 1.71. The fraction of sp³-hybridized carbons (Fsp3) is 0.0714. The molecule has 1 N–H and O–H groups in total. The number of ether oxygens (including phenoxy) is 1. The van der Waals surface area contributed by atoms with Gasteiger partial charge in [-0.1, -0.05) is 0 Å². The standard InChI is InChI=1S/C14H10N2O3/c1-19-13-3-2-10(14(17)18)5-12(13)11-4-9(6-15)7-16-8-11/h2-5,7-8H,1H3,(H,17,18). The number of aromatic nitrogens is 1. The molecule has 0 unspecified atom stereocenters. The monoisotopic (exact) mass is 254 g/mol. The molecule has 0 aliphatic rings.